The third-order valence-electron chi connectivity index (χ3n) is 6.25. The lowest BCUT2D eigenvalue weighted by Gasteiger charge is -2.59. The second kappa shape index (κ2) is 5.06. The third-order valence-corrected chi connectivity index (χ3v) is 6.69. The largest absolute Gasteiger partial charge is 0.382 e. The Morgan fingerprint density at radius 3 is 1.90 bits per heavy atom. The molecule has 5 rings (SSSR count). The van der Waals surface area contributed by atoms with Gasteiger partial charge in [0.2, 0.25) is 0 Å². The van der Waals surface area contributed by atoms with Gasteiger partial charge in [-0.3, -0.25) is 0 Å². The normalized spacial score (nSPS) is 38.5. The van der Waals surface area contributed by atoms with Crippen LogP contribution in [0.15, 0.2) is 18.2 Å². The van der Waals surface area contributed by atoms with E-state index >= 15 is 0 Å². The van der Waals surface area contributed by atoms with Crippen LogP contribution in [-0.2, 0) is 0 Å². The maximum absolute atomic E-state index is 6.13. The van der Waals surface area contributed by atoms with Crippen molar-refractivity contribution in [3.63, 3.8) is 0 Å². The Hall–Kier alpha value is -0.400. The highest BCUT2D eigenvalue weighted by molar-refractivity contribution is 6.35. The topological polar surface area (TPSA) is 12.0 Å². The van der Waals surface area contributed by atoms with E-state index in [1.165, 1.54) is 38.5 Å². The van der Waals surface area contributed by atoms with Crippen molar-refractivity contribution in [2.75, 3.05) is 5.32 Å². The van der Waals surface area contributed by atoms with E-state index < -0.39 is 0 Å². The van der Waals surface area contributed by atoms with Gasteiger partial charge in [-0.15, -0.1) is 0 Å². The molecule has 1 aromatic carbocycles. The summed E-state index contributed by atoms with van der Waals surface area (Å²) in [5.74, 6) is 2.97. The lowest BCUT2D eigenvalue weighted by Crippen LogP contribution is -2.52. The van der Waals surface area contributed by atoms with Crippen LogP contribution < -0.4 is 5.32 Å². The van der Waals surface area contributed by atoms with Gasteiger partial charge >= 0.3 is 0 Å². The summed E-state index contributed by atoms with van der Waals surface area (Å²) in [6.07, 6.45) is 8.74. The van der Waals surface area contributed by atoms with E-state index in [0.717, 1.165) is 23.4 Å². The van der Waals surface area contributed by atoms with Gasteiger partial charge in [-0.1, -0.05) is 23.2 Å². The van der Waals surface area contributed by atoms with Crippen LogP contribution in [-0.4, -0.2) is 6.04 Å². The molecular weight excluding hydrogens is 301 g/mol. The molecule has 4 fully saturated rings. The maximum atomic E-state index is 6.13. The van der Waals surface area contributed by atoms with Gasteiger partial charge in [-0.25, -0.2) is 0 Å². The molecule has 1 N–H and O–H groups in total. The molecule has 4 saturated carbocycles. The fourth-order valence-electron chi connectivity index (χ4n) is 5.75. The van der Waals surface area contributed by atoms with Crippen molar-refractivity contribution in [3.8, 4) is 0 Å². The van der Waals surface area contributed by atoms with Crippen molar-refractivity contribution in [3.05, 3.63) is 28.2 Å². The highest BCUT2D eigenvalue weighted by Gasteiger charge is 2.53. The monoisotopic (exact) mass is 323 g/mol. The number of benzene rings is 1. The molecule has 4 bridgehead atoms. The first-order chi connectivity index (χ1) is 10.0. The van der Waals surface area contributed by atoms with Crippen molar-refractivity contribution in [2.24, 2.45) is 23.2 Å². The summed E-state index contributed by atoms with van der Waals surface area (Å²) in [4.78, 5) is 0. The summed E-state index contributed by atoms with van der Waals surface area (Å²) in [5.41, 5.74) is 1.57. The smallest absolute Gasteiger partial charge is 0.0441 e. The summed E-state index contributed by atoms with van der Waals surface area (Å²) >= 11 is 12.3. The number of nitrogens with one attached hydrogen (secondary N) is 1. The molecule has 3 heteroatoms. The molecule has 0 aromatic heterocycles. The summed E-state index contributed by atoms with van der Waals surface area (Å²) in [5, 5.41) is 5.13. The van der Waals surface area contributed by atoms with Crippen LogP contribution in [0.2, 0.25) is 10.0 Å². The van der Waals surface area contributed by atoms with E-state index in [-0.39, 0.29) is 0 Å². The zero-order valence-corrected chi connectivity index (χ0v) is 14.1. The number of halogens is 2. The van der Waals surface area contributed by atoms with Crippen LogP contribution in [0.25, 0.3) is 0 Å². The summed E-state index contributed by atoms with van der Waals surface area (Å²) in [7, 11) is 0. The van der Waals surface area contributed by atoms with Gasteiger partial charge < -0.3 is 5.32 Å². The average Bonchev–Trinajstić information content (AvgIpc) is 2.35. The number of hydrogen-bond donors (Lipinski definition) is 1. The molecule has 114 valence electrons. The van der Waals surface area contributed by atoms with Crippen LogP contribution in [0.4, 0.5) is 5.69 Å². The first kappa shape index (κ1) is 14.2. The van der Waals surface area contributed by atoms with Crippen LogP contribution in [0.3, 0.4) is 0 Å². The Morgan fingerprint density at radius 2 is 1.43 bits per heavy atom. The van der Waals surface area contributed by atoms with Crippen LogP contribution in [0.1, 0.15) is 45.4 Å². The highest BCUT2D eigenvalue weighted by atomic mass is 35.5. The van der Waals surface area contributed by atoms with Gasteiger partial charge in [0.25, 0.3) is 0 Å². The van der Waals surface area contributed by atoms with E-state index in [0.29, 0.717) is 21.5 Å². The fourth-order valence-corrected chi connectivity index (χ4v) is 6.27. The quantitative estimate of drug-likeness (QED) is 0.718. The minimum atomic E-state index is 0.500. The first-order valence-electron chi connectivity index (χ1n) is 8.25. The Balaban J connectivity index is 1.55. The molecule has 1 atom stereocenters. The van der Waals surface area contributed by atoms with E-state index in [9.17, 15) is 0 Å². The van der Waals surface area contributed by atoms with E-state index in [2.05, 4.69) is 12.2 Å². The summed E-state index contributed by atoms with van der Waals surface area (Å²) in [6, 6.07) is 6.28. The van der Waals surface area contributed by atoms with Crippen molar-refractivity contribution >= 4 is 28.9 Å². The third kappa shape index (κ3) is 2.57. The molecule has 1 nitrogen and oxygen atoms in total. The van der Waals surface area contributed by atoms with Gasteiger partial charge in [-0.2, -0.15) is 0 Å². The maximum Gasteiger partial charge on any atom is 0.0441 e. The van der Waals surface area contributed by atoms with Gasteiger partial charge in [0.15, 0.2) is 0 Å². The molecule has 21 heavy (non-hydrogen) atoms. The zero-order chi connectivity index (χ0) is 14.6. The lowest BCUT2D eigenvalue weighted by atomic mass is 9.48. The Labute approximate surface area is 137 Å². The predicted octanol–water partition coefficient (Wildman–Crippen LogP) is 6.01. The Morgan fingerprint density at radius 1 is 0.952 bits per heavy atom. The van der Waals surface area contributed by atoms with E-state index in [4.69, 9.17) is 23.2 Å². The minimum Gasteiger partial charge on any atom is -0.382 e. The molecule has 0 saturated heterocycles. The standard InChI is InChI=1S/C18H23Cl2N/c1-11(21-17-6-15(19)5-16(20)7-17)18-8-12-2-13(9-18)4-14(3-12)10-18/h5-7,11-14,21H,2-4,8-10H2,1H3. The molecule has 0 spiro atoms. The lowest BCUT2D eigenvalue weighted by molar-refractivity contribution is -0.0602. The fraction of sp³-hybridized carbons (Fsp3) is 0.667. The molecule has 4 aliphatic rings. The molecule has 4 aliphatic carbocycles. The van der Waals surface area contributed by atoms with E-state index in [1.807, 2.05) is 12.1 Å². The Bertz CT molecular complexity index is 499. The van der Waals surface area contributed by atoms with Crippen LogP contribution in [0, 0.1) is 23.2 Å². The average molecular weight is 324 g/mol. The molecule has 0 radical (unpaired) electrons. The molecule has 1 aromatic rings. The SMILES string of the molecule is CC(Nc1cc(Cl)cc(Cl)c1)C12CC3CC(CC(C3)C1)C2. The van der Waals surface area contributed by atoms with Crippen molar-refractivity contribution in [1.29, 1.82) is 0 Å². The first-order valence-corrected chi connectivity index (χ1v) is 9.01. The second-order valence-electron chi connectivity index (χ2n) is 7.80. The van der Waals surface area contributed by atoms with Gasteiger partial charge in [0.05, 0.1) is 0 Å². The van der Waals surface area contributed by atoms with Gasteiger partial charge in [0, 0.05) is 21.8 Å². The summed E-state index contributed by atoms with van der Waals surface area (Å²) in [6.45, 7) is 2.36. The molecule has 1 unspecified atom stereocenters. The number of hydrogen-bond acceptors (Lipinski definition) is 1. The molecule has 0 amide bonds. The Kier molecular flexibility index (Phi) is 3.42. The molecule has 0 aliphatic heterocycles. The highest BCUT2D eigenvalue weighted by Crippen LogP contribution is 2.61. The van der Waals surface area contributed by atoms with Crippen LogP contribution >= 0.6 is 23.2 Å². The van der Waals surface area contributed by atoms with Crippen molar-refractivity contribution in [2.45, 2.75) is 51.5 Å². The zero-order valence-electron chi connectivity index (χ0n) is 12.5. The predicted molar refractivity (Wildman–Crippen MR) is 90.2 cm³/mol. The minimum absolute atomic E-state index is 0.500. The van der Waals surface area contributed by atoms with Crippen molar-refractivity contribution < 1.29 is 0 Å². The van der Waals surface area contributed by atoms with E-state index in [1.54, 1.807) is 6.07 Å². The number of rotatable bonds is 3. The molecule has 0 heterocycles. The summed E-state index contributed by atoms with van der Waals surface area (Å²) < 4.78 is 0. The van der Waals surface area contributed by atoms with Crippen molar-refractivity contribution in [1.82, 2.24) is 0 Å². The molecular formula is C18H23Cl2N. The van der Waals surface area contributed by atoms with Gasteiger partial charge in [-0.05, 0) is 86.8 Å². The number of anilines is 1. The van der Waals surface area contributed by atoms with Gasteiger partial charge in [0.1, 0.15) is 0 Å². The van der Waals surface area contributed by atoms with Crippen LogP contribution in [0.5, 0.6) is 0 Å². The second-order valence-corrected chi connectivity index (χ2v) is 8.68.